The molecule has 0 radical (unpaired) electrons. The Bertz CT molecular complexity index is 965. The van der Waals surface area contributed by atoms with Gasteiger partial charge in [-0.05, 0) is 54.1 Å². The maximum Gasteiger partial charge on any atom is 0.289 e. The predicted octanol–water partition coefficient (Wildman–Crippen LogP) is 4.13. The first-order valence-corrected chi connectivity index (χ1v) is 8.60. The third-order valence-electron chi connectivity index (χ3n) is 4.32. The molecule has 0 aliphatic carbocycles. The summed E-state index contributed by atoms with van der Waals surface area (Å²) in [5.74, 6) is 1.60. The van der Waals surface area contributed by atoms with E-state index in [1.807, 2.05) is 18.2 Å². The van der Waals surface area contributed by atoms with E-state index in [1.165, 1.54) is 12.1 Å². The van der Waals surface area contributed by atoms with E-state index in [1.54, 1.807) is 36.2 Å². The molecule has 0 fully saturated rings. The molecule has 5 nitrogen and oxygen atoms in total. The van der Waals surface area contributed by atoms with Gasteiger partial charge in [0.15, 0.2) is 17.3 Å². The van der Waals surface area contributed by atoms with Crippen molar-refractivity contribution in [1.82, 2.24) is 4.90 Å². The van der Waals surface area contributed by atoms with Gasteiger partial charge in [0.1, 0.15) is 24.8 Å². The van der Waals surface area contributed by atoms with Gasteiger partial charge < -0.3 is 18.8 Å². The molecule has 0 atom stereocenters. The van der Waals surface area contributed by atoms with Gasteiger partial charge in [-0.25, -0.2) is 4.39 Å². The predicted molar refractivity (Wildman–Crippen MR) is 97.3 cm³/mol. The van der Waals surface area contributed by atoms with Crippen molar-refractivity contribution in [2.45, 2.75) is 6.54 Å². The highest BCUT2D eigenvalue weighted by molar-refractivity contribution is 5.91. The Morgan fingerprint density at radius 3 is 2.52 bits per heavy atom. The molecule has 0 spiro atoms. The van der Waals surface area contributed by atoms with Crippen LogP contribution in [0.3, 0.4) is 0 Å². The van der Waals surface area contributed by atoms with Gasteiger partial charge in [0.05, 0.1) is 0 Å². The fourth-order valence-electron chi connectivity index (χ4n) is 2.94. The standard InChI is InChI=1S/C21H18FNO4/c1-23(13-14-2-7-18-20(12-14)26-11-10-25-18)21(24)19-9-8-17(27-19)15-3-5-16(22)6-4-15/h2-9,12H,10-11,13H2,1H3. The van der Waals surface area contributed by atoms with Crippen LogP contribution in [-0.4, -0.2) is 31.1 Å². The van der Waals surface area contributed by atoms with E-state index in [0.29, 0.717) is 42.6 Å². The van der Waals surface area contributed by atoms with Gasteiger partial charge >= 0.3 is 0 Å². The van der Waals surface area contributed by atoms with Crippen LogP contribution in [0.25, 0.3) is 11.3 Å². The molecule has 6 heteroatoms. The lowest BCUT2D eigenvalue weighted by molar-refractivity contribution is 0.0754. The third kappa shape index (κ3) is 3.65. The highest BCUT2D eigenvalue weighted by atomic mass is 19.1. The molecule has 1 aliphatic heterocycles. The third-order valence-corrected chi connectivity index (χ3v) is 4.32. The average Bonchev–Trinajstić information content (AvgIpc) is 3.18. The van der Waals surface area contributed by atoms with Crippen LogP contribution in [0.5, 0.6) is 11.5 Å². The summed E-state index contributed by atoms with van der Waals surface area (Å²) in [6, 6.07) is 14.9. The van der Waals surface area contributed by atoms with E-state index < -0.39 is 0 Å². The number of benzene rings is 2. The summed E-state index contributed by atoms with van der Waals surface area (Å²) < 4.78 is 29.8. The Labute approximate surface area is 155 Å². The number of ether oxygens (including phenoxy) is 2. The molecule has 2 heterocycles. The first-order chi connectivity index (χ1) is 13.1. The minimum Gasteiger partial charge on any atom is -0.486 e. The van der Waals surface area contributed by atoms with E-state index in [4.69, 9.17) is 13.9 Å². The summed E-state index contributed by atoms with van der Waals surface area (Å²) in [6.45, 7) is 1.46. The molecule has 1 aliphatic rings. The van der Waals surface area contributed by atoms with Gasteiger partial charge in [-0.2, -0.15) is 0 Å². The average molecular weight is 367 g/mol. The fourth-order valence-corrected chi connectivity index (χ4v) is 2.94. The van der Waals surface area contributed by atoms with Gasteiger partial charge in [0.25, 0.3) is 5.91 Å². The largest absolute Gasteiger partial charge is 0.486 e. The lowest BCUT2D eigenvalue weighted by Gasteiger charge is -2.20. The smallest absolute Gasteiger partial charge is 0.289 e. The first kappa shape index (κ1) is 17.1. The molecule has 2 aromatic carbocycles. The molecular weight excluding hydrogens is 349 g/mol. The minimum atomic E-state index is -0.319. The number of amides is 1. The van der Waals surface area contributed by atoms with Crippen molar-refractivity contribution in [1.29, 1.82) is 0 Å². The van der Waals surface area contributed by atoms with Gasteiger partial charge in [-0.1, -0.05) is 6.07 Å². The molecule has 0 unspecified atom stereocenters. The van der Waals surface area contributed by atoms with Gasteiger partial charge in [-0.3, -0.25) is 4.79 Å². The lowest BCUT2D eigenvalue weighted by atomic mass is 10.2. The van der Waals surface area contributed by atoms with Gasteiger partial charge in [0.2, 0.25) is 0 Å². The van der Waals surface area contributed by atoms with Crippen LogP contribution in [-0.2, 0) is 6.54 Å². The number of carbonyl (C=O) groups excluding carboxylic acids is 1. The van der Waals surface area contributed by atoms with Crippen LogP contribution in [0.4, 0.5) is 4.39 Å². The first-order valence-electron chi connectivity index (χ1n) is 8.60. The van der Waals surface area contributed by atoms with E-state index in [-0.39, 0.29) is 17.5 Å². The van der Waals surface area contributed by atoms with Crippen LogP contribution >= 0.6 is 0 Å². The quantitative estimate of drug-likeness (QED) is 0.696. The van der Waals surface area contributed by atoms with Crippen molar-refractivity contribution < 1.29 is 23.1 Å². The number of furan rings is 1. The minimum absolute atomic E-state index is 0.231. The number of hydrogen-bond donors (Lipinski definition) is 0. The number of rotatable bonds is 4. The van der Waals surface area contributed by atoms with Crippen molar-refractivity contribution in [3.8, 4) is 22.8 Å². The number of hydrogen-bond acceptors (Lipinski definition) is 4. The zero-order valence-electron chi connectivity index (χ0n) is 14.8. The van der Waals surface area contributed by atoms with Crippen molar-refractivity contribution in [2.75, 3.05) is 20.3 Å². The molecule has 138 valence electrons. The Morgan fingerprint density at radius 1 is 1.00 bits per heavy atom. The monoisotopic (exact) mass is 367 g/mol. The molecular formula is C21H18FNO4. The second-order valence-electron chi connectivity index (χ2n) is 6.31. The van der Waals surface area contributed by atoms with Crippen LogP contribution < -0.4 is 9.47 Å². The van der Waals surface area contributed by atoms with E-state index in [9.17, 15) is 9.18 Å². The van der Waals surface area contributed by atoms with Gasteiger partial charge in [0, 0.05) is 19.2 Å². The molecule has 0 saturated carbocycles. The van der Waals surface area contributed by atoms with Crippen molar-refractivity contribution in [3.63, 3.8) is 0 Å². The maximum atomic E-state index is 13.0. The summed E-state index contributed by atoms with van der Waals surface area (Å²) in [5.41, 5.74) is 1.64. The van der Waals surface area contributed by atoms with Crippen molar-refractivity contribution in [3.05, 3.63) is 71.7 Å². The Kier molecular flexibility index (Phi) is 4.54. The molecule has 1 amide bonds. The second-order valence-corrected chi connectivity index (χ2v) is 6.31. The molecule has 0 bridgehead atoms. The summed E-state index contributed by atoms with van der Waals surface area (Å²) in [7, 11) is 1.71. The normalized spacial score (nSPS) is 12.7. The van der Waals surface area contributed by atoms with Crippen molar-refractivity contribution in [2.24, 2.45) is 0 Å². The number of carbonyl (C=O) groups is 1. The molecule has 0 saturated heterocycles. The summed E-state index contributed by atoms with van der Waals surface area (Å²) in [4.78, 5) is 14.2. The van der Waals surface area contributed by atoms with E-state index >= 15 is 0 Å². The summed E-state index contributed by atoms with van der Waals surface area (Å²) >= 11 is 0. The maximum absolute atomic E-state index is 13.0. The van der Waals surface area contributed by atoms with Crippen molar-refractivity contribution >= 4 is 5.91 Å². The summed E-state index contributed by atoms with van der Waals surface area (Å²) in [6.07, 6.45) is 0. The van der Waals surface area contributed by atoms with Crippen LogP contribution in [0.2, 0.25) is 0 Å². The highest BCUT2D eigenvalue weighted by Gasteiger charge is 2.18. The lowest BCUT2D eigenvalue weighted by Crippen LogP contribution is -2.26. The van der Waals surface area contributed by atoms with Gasteiger partial charge in [-0.15, -0.1) is 0 Å². The highest BCUT2D eigenvalue weighted by Crippen LogP contribution is 2.31. The van der Waals surface area contributed by atoms with E-state index in [2.05, 4.69) is 0 Å². The zero-order valence-corrected chi connectivity index (χ0v) is 14.8. The fraction of sp³-hybridized carbons (Fsp3) is 0.190. The number of halogens is 1. The number of fused-ring (bicyclic) bond motifs is 1. The molecule has 3 aromatic rings. The number of nitrogens with zero attached hydrogens (tertiary/aromatic N) is 1. The van der Waals surface area contributed by atoms with E-state index in [0.717, 1.165) is 5.56 Å². The topological polar surface area (TPSA) is 51.9 Å². The Morgan fingerprint density at radius 2 is 1.74 bits per heavy atom. The Hall–Kier alpha value is -3.28. The van der Waals surface area contributed by atoms with Crippen LogP contribution in [0.15, 0.2) is 59.0 Å². The summed E-state index contributed by atoms with van der Waals surface area (Å²) in [5, 5.41) is 0. The Balaban J connectivity index is 1.47. The molecule has 4 rings (SSSR count). The van der Waals surface area contributed by atoms with Crippen LogP contribution in [0.1, 0.15) is 16.1 Å². The molecule has 0 N–H and O–H groups in total. The second kappa shape index (κ2) is 7.15. The molecule has 27 heavy (non-hydrogen) atoms. The van der Waals surface area contributed by atoms with Crippen LogP contribution in [0, 0.1) is 5.82 Å². The molecule has 1 aromatic heterocycles. The zero-order chi connectivity index (χ0) is 18.8. The SMILES string of the molecule is CN(Cc1ccc2c(c1)OCCO2)C(=O)c1ccc(-c2ccc(F)cc2)o1.